The molecule has 0 radical (unpaired) electrons. The lowest BCUT2D eigenvalue weighted by Crippen LogP contribution is -2.42. The van der Waals surface area contributed by atoms with E-state index in [2.05, 4.69) is 10.2 Å². The van der Waals surface area contributed by atoms with E-state index in [0.29, 0.717) is 24.6 Å². The summed E-state index contributed by atoms with van der Waals surface area (Å²) in [5.74, 6) is 1.55. The summed E-state index contributed by atoms with van der Waals surface area (Å²) < 4.78 is 11.4. The molecule has 2 aliphatic heterocycles. The summed E-state index contributed by atoms with van der Waals surface area (Å²) in [5.41, 5.74) is 0.992. The monoisotopic (exact) mass is 374 g/mol. The van der Waals surface area contributed by atoms with Crippen LogP contribution in [-0.4, -0.2) is 37.0 Å². The minimum Gasteiger partial charge on any atom is -0.492 e. The second-order valence-corrected chi connectivity index (χ2v) is 7.42. The molecule has 1 amide bonds. The van der Waals surface area contributed by atoms with Crippen LogP contribution in [-0.2, 0) is 11.2 Å². The number of carbonyl (C=O) groups excluding carboxylic acids is 1. The average Bonchev–Trinajstić information content (AvgIpc) is 3.35. The molecular weight excluding hydrogens is 352 g/mol. The molecule has 0 saturated carbocycles. The Bertz CT molecular complexity index is 756. The van der Waals surface area contributed by atoms with Gasteiger partial charge >= 0.3 is 0 Å². The van der Waals surface area contributed by atoms with E-state index in [1.54, 1.807) is 6.26 Å². The number of carbonyl (C=O) groups is 1. The van der Waals surface area contributed by atoms with Crippen LogP contribution in [0.5, 0.6) is 5.75 Å². The first-order valence-corrected chi connectivity index (χ1v) is 9.55. The van der Waals surface area contributed by atoms with Gasteiger partial charge in [-0.15, -0.1) is 0 Å². The van der Waals surface area contributed by atoms with Gasteiger partial charge in [-0.3, -0.25) is 9.69 Å². The summed E-state index contributed by atoms with van der Waals surface area (Å²) in [5, 5.41) is 3.78. The second kappa shape index (κ2) is 7.72. The zero-order valence-corrected chi connectivity index (χ0v) is 15.4. The fourth-order valence-corrected chi connectivity index (χ4v) is 4.01. The minimum absolute atomic E-state index is 0.0198. The van der Waals surface area contributed by atoms with Crippen LogP contribution in [0.1, 0.15) is 30.2 Å². The normalized spacial score (nSPS) is 21.0. The third-order valence-electron chi connectivity index (χ3n) is 5.22. The molecule has 2 atom stereocenters. The van der Waals surface area contributed by atoms with Gasteiger partial charge in [-0.25, -0.2) is 0 Å². The Morgan fingerprint density at radius 3 is 2.92 bits per heavy atom. The number of nitrogens with one attached hydrogen (secondary N) is 1. The SMILES string of the molecule is O=C(NCC(c1ccco1)N1CCCC1)C1COc2ccc(Cl)cc2C1. The molecule has 1 N–H and O–H groups in total. The van der Waals surface area contributed by atoms with Crippen LogP contribution >= 0.6 is 11.6 Å². The first-order chi connectivity index (χ1) is 12.7. The van der Waals surface area contributed by atoms with Crippen molar-refractivity contribution in [2.24, 2.45) is 5.92 Å². The molecule has 1 fully saturated rings. The first-order valence-electron chi connectivity index (χ1n) is 9.17. The van der Waals surface area contributed by atoms with Gasteiger partial charge in [0.05, 0.1) is 18.2 Å². The molecule has 1 aromatic heterocycles. The van der Waals surface area contributed by atoms with Crippen molar-refractivity contribution in [2.45, 2.75) is 25.3 Å². The Hall–Kier alpha value is -1.98. The van der Waals surface area contributed by atoms with Crippen LogP contribution in [0.3, 0.4) is 0 Å². The van der Waals surface area contributed by atoms with Gasteiger partial charge in [0.2, 0.25) is 5.91 Å². The van der Waals surface area contributed by atoms with Crippen molar-refractivity contribution in [1.29, 1.82) is 0 Å². The summed E-state index contributed by atoms with van der Waals surface area (Å²) >= 11 is 6.06. The number of ether oxygens (including phenoxy) is 1. The van der Waals surface area contributed by atoms with E-state index < -0.39 is 0 Å². The van der Waals surface area contributed by atoms with E-state index in [-0.39, 0.29) is 17.9 Å². The van der Waals surface area contributed by atoms with Crippen molar-refractivity contribution in [3.63, 3.8) is 0 Å². The summed E-state index contributed by atoms with van der Waals surface area (Å²) in [6.07, 6.45) is 4.73. The van der Waals surface area contributed by atoms with Crippen LogP contribution < -0.4 is 10.1 Å². The largest absolute Gasteiger partial charge is 0.492 e. The zero-order chi connectivity index (χ0) is 17.9. The molecule has 2 aliphatic rings. The number of hydrogen-bond acceptors (Lipinski definition) is 4. The molecule has 26 heavy (non-hydrogen) atoms. The number of rotatable bonds is 5. The summed E-state index contributed by atoms with van der Waals surface area (Å²) in [7, 11) is 0. The van der Waals surface area contributed by atoms with Crippen LogP contribution in [0.4, 0.5) is 0 Å². The van der Waals surface area contributed by atoms with E-state index in [1.807, 2.05) is 30.3 Å². The predicted octanol–water partition coefficient (Wildman–Crippen LogP) is 3.44. The fraction of sp³-hybridized carbons (Fsp3) is 0.450. The fourth-order valence-electron chi connectivity index (χ4n) is 3.82. The highest BCUT2D eigenvalue weighted by Crippen LogP contribution is 2.30. The molecule has 1 aromatic carbocycles. The number of fused-ring (bicyclic) bond motifs is 1. The van der Waals surface area contributed by atoms with E-state index >= 15 is 0 Å². The van der Waals surface area contributed by atoms with Crippen molar-refractivity contribution in [3.8, 4) is 5.75 Å². The summed E-state index contributed by atoms with van der Waals surface area (Å²) in [6.45, 7) is 3.03. The molecule has 0 spiro atoms. The summed E-state index contributed by atoms with van der Waals surface area (Å²) in [4.78, 5) is 15.1. The van der Waals surface area contributed by atoms with Gasteiger partial charge in [-0.1, -0.05) is 11.6 Å². The Labute approximate surface area is 158 Å². The lowest BCUT2D eigenvalue weighted by molar-refractivity contribution is -0.126. The van der Waals surface area contributed by atoms with Gasteiger partial charge in [0.1, 0.15) is 18.1 Å². The van der Waals surface area contributed by atoms with Crippen LogP contribution in [0, 0.1) is 5.92 Å². The molecule has 4 rings (SSSR count). The third-order valence-corrected chi connectivity index (χ3v) is 5.46. The van der Waals surface area contributed by atoms with Gasteiger partial charge in [-0.2, -0.15) is 0 Å². The first kappa shape index (κ1) is 17.4. The molecule has 3 heterocycles. The highest BCUT2D eigenvalue weighted by molar-refractivity contribution is 6.30. The third kappa shape index (κ3) is 3.74. The molecule has 0 bridgehead atoms. The molecule has 5 nitrogen and oxygen atoms in total. The van der Waals surface area contributed by atoms with Crippen molar-refractivity contribution in [3.05, 3.63) is 52.9 Å². The maximum Gasteiger partial charge on any atom is 0.226 e. The smallest absolute Gasteiger partial charge is 0.226 e. The number of furan rings is 1. The highest BCUT2D eigenvalue weighted by Gasteiger charge is 2.29. The van der Waals surface area contributed by atoms with Crippen LogP contribution in [0.15, 0.2) is 41.0 Å². The van der Waals surface area contributed by atoms with Crippen LogP contribution in [0.2, 0.25) is 5.02 Å². The van der Waals surface area contributed by atoms with Crippen molar-refractivity contribution >= 4 is 17.5 Å². The van der Waals surface area contributed by atoms with E-state index in [1.165, 1.54) is 12.8 Å². The van der Waals surface area contributed by atoms with Crippen LogP contribution in [0.25, 0.3) is 0 Å². The maximum absolute atomic E-state index is 12.7. The van der Waals surface area contributed by atoms with Gasteiger partial charge in [0.25, 0.3) is 0 Å². The van der Waals surface area contributed by atoms with Gasteiger partial charge < -0.3 is 14.5 Å². The molecule has 138 valence electrons. The van der Waals surface area contributed by atoms with Crippen molar-refractivity contribution in [2.75, 3.05) is 26.2 Å². The molecule has 1 saturated heterocycles. The quantitative estimate of drug-likeness (QED) is 0.871. The van der Waals surface area contributed by atoms with Crippen molar-refractivity contribution < 1.29 is 13.9 Å². The lowest BCUT2D eigenvalue weighted by Gasteiger charge is -2.28. The van der Waals surface area contributed by atoms with E-state index in [9.17, 15) is 4.79 Å². The second-order valence-electron chi connectivity index (χ2n) is 6.98. The van der Waals surface area contributed by atoms with Crippen molar-refractivity contribution in [1.82, 2.24) is 10.2 Å². The summed E-state index contributed by atoms with van der Waals surface area (Å²) in [6, 6.07) is 9.53. The molecule has 2 unspecified atom stereocenters. The Kier molecular flexibility index (Phi) is 5.18. The zero-order valence-electron chi connectivity index (χ0n) is 14.6. The number of halogens is 1. The molecule has 2 aromatic rings. The lowest BCUT2D eigenvalue weighted by atomic mass is 9.96. The Morgan fingerprint density at radius 1 is 1.31 bits per heavy atom. The van der Waals surface area contributed by atoms with Gasteiger partial charge in [0, 0.05) is 11.6 Å². The molecule has 0 aliphatic carbocycles. The Balaban J connectivity index is 1.39. The number of likely N-dealkylation sites (tertiary alicyclic amines) is 1. The number of nitrogens with zero attached hydrogens (tertiary/aromatic N) is 1. The standard InChI is InChI=1S/C20H23ClN2O3/c21-16-5-6-18-14(11-16)10-15(13-26-18)20(24)22-12-17(19-4-3-9-25-19)23-7-1-2-8-23/h3-6,9,11,15,17H,1-2,7-8,10,12-13H2,(H,22,24). The van der Waals surface area contributed by atoms with Gasteiger partial charge in [-0.05, 0) is 68.2 Å². The minimum atomic E-state index is -0.197. The molecule has 6 heteroatoms. The van der Waals surface area contributed by atoms with E-state index in [4.69, 9.17) is 20.8 Å². The maximum atomic E-state index is 12.7. The number of benzene rings is 1. The highest BCUT2D eigenvalue weighted by atomic mass is 35.5. The number of amides is 1. The predicted molar refractivity (Wildman–Crippen MR) is 99.4 cm³/mol. The Morgan fingerprint density at radius 2 is 2.15 bits per heavy atom. The number of hydrogen-bond donors (Lipinski definition) is 1. The van der Waals surface area contributed by atoms with Gasteiger partial charge in [0.15, 0.2) is 0 Å². The van der Waals surface area contributed by atoms with E-state index in [0.717, 1.165) is 30.2 Å². The molecular formula is C20H23ClN2O3. The average molecular weight is 375 g/mol. The topological polar surface area (TPSA) is 54.7 Å².